The van der Waals surface area contributed by atoms with Gasteiger partial charge in [-0.3, -0.25) is 0 Å². The Hall–Kier alpha value is -2.20. The average molecular weight is 313 g/mol. The molecule has 0 bridgehead atoms. The molecule has 0 aromatic heterocycles. The predicted octanol–water partition coefficient (Wildman–Crippen LogP) is 1.61. The molecule has 1 aliphatic rings. The van der Waals surface area contributed by atoms with Gasteiger partial charge < -0.3 is 19.6 Å². The van der Waals surface area contributed by atoms with Crippen LogP contribution in [-0.2, 0) is 6.54 Å². The lowest BCUT2D eigenvalue weighted by Crippen LogP contribution is -3.13. The topological polar surface area (TPSA) is 37.1 Å². The highest BCUT2D eigenvalue weighted by molar-refractivity contribution is 5.53. The fraction of sp³-hybridized carbons (Fsp3) is 0.368. The first-order chi connectivity index (χ1) is 11.2. The minimum Gasteiger partial charge on any atom is -0.504 e. The van der Waals surface area contributed by atoms with Crippen molar-refractivity contribution in [3.05, 3.63) is 53.6 Å². The van der Waals surface area contributed by atoms with E-state index in [1.54, 1.807) is 12.0 Å². The van der Waals surface area contributed by atoms with E-state index in [-0.39, 0.29) is 5.75 Å². The Labute approximate surface area is 137 Å². The number of methoxy groups -OCH3 is 1. The van der Waals surface area contributed by atoms with Crippen LogP contribution in [0.5, 0.6) is 11.5 Å². The molecule has 23 heavy (non-hydrogen) atoms. The number of anilines is 1. The Balaban J connectivity index is 1.59. The molecule has 4 heteroatoms. The number of nitrogens with one attached hydrogen (secondary N) is 1. The Bertz CT molecular complexity index is 664. The second-order valence-electron chi connectivity index (χ2n) is 6.21. The van der Waals surface area contributed by atoms with Gasteiger partial charge in [-0.2, -0.15) is 0 Å². The van der Waals surface area contributed by atoms with Crippen LogP contribution in [0.1, 0.15) is 11.1 Å². The van der Waals surface area contributed by atoms with Crippen molar-refractivity contribution in [2.45, 2.75) is 13.5 Å². The molecule has 0 spiro atoms. The van der Waals surface area contributed by atoms with Gasteiger partial charge in [0.15, 0.2) is 11.5 Å². The fourth-order valence-corrected chi connectivity index (χ4v) is 3.29. The van der Waals surface area contributed by atoms with Crippen molar-refractivity contribution in [1.29, 1.82) is 0 Å². The number of phenolic OH excluding ortho intramolecular Hbond substituents is 1. The lowest BCUT2D eigenvalue weighted by atomic mass is 10.1. The smallest absolute Gasteiger partial charge is 0.160 e. The van der Waals surface area contributed by atoms with Crippen molar-refractivity contribution in [2.75, 3.05) is 38.2 Å². The van der Waals surface area contributed by atoms with E-state index in [0.29, 0.717) is 5.75 Å². The van der Waals surface area contributed by atoms with Crippen molar-refractivity contribution in [1.82, 2.24) is 0 Å². The number of hydrogen-bond donors (Lipinski definition) is 2. The summed E-state index contributed by atoms with van der Waals surface area (Å²) >= 11 is 0. The van der Waals surface area contributed by atoms with Crippen LogP contribution in [0.2, 0.25) is 0 Å². The first kappa shape index (κ1) is 15.7. The SMILES string of the molecule is COc1ccc(C[NH+]2CCN(c3ccccc3C)CC2)cc1O. The molecule has 0 aliphatic carbocycles. The predicted molar refractivity (Wildman–Crippen MR) is 92.5 cm³/mol. The van der Waals surface area contributed by atoms with Gasteiger partial charge in [-0.15, -0.1) is 0 Å². The van der Waals surface area contributed by atoms with E-state index in [9.17, 15) is 5.11 Å². The van der Waals surface area contributed by atoms with E-state index in [4.69, 9.17) is 4.74 Å². The second kappa shape index (κ2) is 6.92. The standard InChI is InChI=1S/C19H24N2O2/c1-15-5-3-4-6-17(15)21-11-9-20(10-12-21)14-16-7-8-19(23-2)18(22)13-16/h3-8,13,22H,9-12,14H2,1-2H3/p+1. The van der Waals surface area contributed by atoms with E-state index >= 15 is 0 Å². The van der Waals surface area contributed by atoms with Crippen molar-refractivity contribution < 1.29 is 14.7 Å². The van der Waals surface area contributed by atoms with Gasteiger partial charge in [0, 0.05) is 11.3 Å². The Morgan fingerprint density at radius 1 is 1.13 bits per heavy atom. The molecule has 1 saturated heterocycles. The summed E-state index contributed by atoms with van der Waals surface area (Å²) in [6.07, 6.45) is 0. The Kier molecular flexibility index (Phi) is 4.72. The van der Waals surface area contributed by atoms with Crippen LogP contribution in [0.15, 0.2) is 42.5 Å². The summed E-state index contributed by atoms with van der Waals surface area (Å²) in [4.78, 5) is 4.03. The summed E-state index contributed by atoms with van der Waals surface area (Å²) in [6.45, 7) is 7.49. The quantitative estimate of drug-likeness (QED) is 0.900. The number of para-hydroxylation sites is 1. The summed E-state index contributed by atoms with van der Waals surface area (Å²) in [7, 11) is 1.57. The van der Waals surface area contributed by atoms with Crippen molar-refractivity contribution in [3.8, 4) is 11.5 Å². The van der Waals surface area contributed by atoms with E-state index < -0.39 is 0 Å². The summed E-state index contributed by atoms with van der Waals surface area (Å²) < 4.78 is 5.10. The molecule has 0 amide bonds. The molecule has 2 aromatic carbocycles. The maximum Gasteiger partial charge on any atom is 0.160 e. The minimum absolute atomic E-state index is 0.225. The number of phenols is 1. The molecule has 0 unspecified atom stereocenters. The third kappa shape index (κ3) is 3.59. The highest BCUT2D eigenvalue weighted by Crippen LogP contribution is 2.26. The molecule has 0 atom stereocenters. The van der Waals surface area contributed by atoms with E-state index in [2.05, 4.69) is 36.1 Å². The number of benzene rings is 2. The third-order valence-corrected chi connectivity index (χ3v) is 4.62. The molecule has 3 rings (SSSR count). The Morgan fingerprint density at radius 3 is 2.52 bits per heavy atom. The molecule has 2 aromatic rings. The molecule has 4 nitrogen and oxygen atoms in total. The molecule has 2 N–H and O–H groups in total. The second-order valence-corrected chi connectivity index (χ2v) is 6.21. The highest BCUT2D eigenvalue weighted by Gasteiger charge is 2.21. The number of nitrogens with zero attached hydrogens (tertiary/aromatic N) is 1. The highest BCUT2D eigenvalue weighted by atomic mass is 16.5. The number of aryl methyl sites for hydroxylation is 1. The summed E-state index contributed by atoms with van der Waals surface area (Å²) in [5.41, 5.74) is 3.85. The van der Waals surface area contributed by atoms with Gasteiger partial charge in [0.25, 0.3) is 0 Å². The molecular formula is C19H25N2O2+. The van der Waals surface area contributed by atoms with Crippen molar-refractivity contribution in [2.24, 2.45) is 0 Å². The van der Waals surface area contributed by atoms with Crippen molar-refractivity contribution >= 4 is 5.69 Å². The largest absolute Gasteiger partial charge is 0.504 e. The number of quaternary nitrogens is 1. The van der Waals surface area contributed by atoms with Crippen LogP contribution < -0.4 is 14.5 Å². The minimum atomic E-state index is 0.225. The van der Waals surface area contributed by atoms with Crippen molar-refractivity contribution in [3.63, 3.8) is 0 Å². The number of rotatable bonds is 4. The number of piperazine rings is 1. The summed E-state index contributed by atoms with van der Waals surface area (Å²) in [5, 5.41) is 9.90. The first-order valence-electron chi connectivity index (χ1n) is 8.17. The molecule has 0 saturated carbocycles. The molecular weight excluding hydrogens is 288 g/mol. The lowest BCUT2D eigenvalue weighted by Gasteiger charge is -2.34. The lowest BCUT2D eigenvalue weighted by molar-refractivity contribution is -0.914. The number of aromatic hydroxyl groups is 1. The number of hydrogen-bond acceptors (Lipinski definition) is 3. The van der Waals surface area contributed by atoms with Gasteiger partial charge in [-0.05, 0) is 36.8 Å². The summed E-state index contributed by atoms with van der Waals surface area (Å²) in [6, 6.07) is 14.3. The number of ether oxygens (including phenoxy) is 1. The van der Waals surface area contributed by atoms with Crippen LogP contribution in [0.3, 0.4) is 0 Å². The Morgan fingerprint density at radius 2 is 1.87 bits per heavy atom. The summed E-state index contributed by atoms with van der Waals surface area (Å²) in [5.74, 6) is 0.760. The average Bonchev–Trinajstić information content (AvgIpc) is 2.56. The molecule has 1 aliphatic heterocycles. The molecule has 1 heterocycles. The maximum absolute atomic E-state index is 9.90. The third-order valence-electron chi connectivity index (χ3n) is 4.62. The van der Waals surface area contributed by atoms with Crippen LogP contribution in [0.4, 0.5) is 5.69 Å². The zero-order valence-corrected chi connectivity index (χ0v) is 13.9. The van der Waals surface area contributed by atoms with Gasteiger partial charge in [-0.1, -0.05) is 18.2 Å². The maximum atomic E-state index is 9.90. The van der Waals surface area contributed by atoms with E-state index in [0.717, 1.165) is 38.3 Å². The normalized spacial score (nSPS) is 15.7. The van der Waals surface area contributed by atoms with E-state index in [1.165, 1.54) is 11.3 Å². The monoisotopic (exact) mass is 313 g/mol. The van der Waals surface area contributed by atoms with Gasteiger partial charge in [0.05, 0.1) is 33.3 Å². The van der Waals surface area contributed by atoms with Gasteiger partial charge >= 0.3 is 0 Å². The van der Waals surface area contributed by atoms with E-state index in [1.807, 2.05) is 18.2 Å². The molecule has 0 radical (unpaired) electrons. The fourth-order valence-electron chi connectivity index (χ4n) is 3.29. The van der Waals surface area contributed by atoms with Crippen LogP contribution in [0.25, 0.3) is 0 Å². The van der Waals surface area contributed by atoms with Gasteiger partial charge in [0.2, 0.25) is 0 Å². The van der Waals surface area contributed by atoms with Crippen LogP contribution in [-0.4, -0.2) is 38.4 Å². The van der Waals surface area contributed by atoms with Crippen LogP contribution >= 0.6 is 0 Å². The molecule has 1 fully saturated rings. The zero-order chi connectivity index (χ0) is 16.2. The first-order valence-corrected chi connectivity index (χ1v) is 8.17. The molecule has 122 valence electrons. The van der Waals surface area contributed by atoms with Gasteiger partial charge in [-0.25, -0.2) is 0 Å². The zero-order valence-electron chi connectivity index (χ0n) is 13.9. The van der Waals surface area contributed by atoms with Crippen LogP contribution in [0, 0.1) is 6.92 Å². The van der Waals surface area contributed by atoms with Gasteiger partial charge in [0.1, 0.15) is 6.54 Å².